The number of hydrogen-bond acceptors (Lipinski definition) is 4. The number of benzene rings is 2. The largest absolute Gasteiger partial charge is 0.379 e. The first kappa shape index (κ1) is 17.7. The summed E-state index contributed by atoms with van der Waals surface area (Å²) >= 11 is 0. The third-order valence-electron chi connectivity index (χ3n) is 5.06. The molecule has 1 aliphatic heterocycles. The average molecular weight is 364 g/mol. The highest BCUT2D eigenvalue weighted by Crippen LogP contribution is 2.22. The normalized spacial score (nSPS) is 16.3. The predicted octanol–water partition coefficient (Wildman–Crippen LogP) is 2.67. The van der Waals surface area contributed by atoms with Crippen LogP contribution >= 0.6 is 0 Å². The molecule has 0 spiro atoms. The Balaban J connectivity index is 1.53. The summed E-state index contributed by atoms with van der Waals surface area (Å²) in [5, 5.41) is 11.1. The zero-order valence-corrected chi connectivity index (χ0v) is 15.4. The molecule has 2 heterocycles. The lowest BCUT2D eigenvalue weighted by molar-refractivity contribution is 0.0162. The molecule has 1 fully saturated rings. The van der Waals surface area contributed by atoms with Crippen LogP contribution in [0.3, 0.4) is 0 Å². The summed E-state index contributed by atoms with van der Waals surface area (Å²) in [4.78, 5) is 15.2. The van der Waals surface area contributed by atoms with E-state index < -0.39 is 0 Å². The van der Waals surface area contributed by atoms with Crippen LogP contribution < -0.4 is 5.32 Å². The molecule has 1 amide bonds. The van der Waals surface area contributed by atoms with Crippen molar-refractivity contribution in [2.24, 2.45) is 0 Å². The van der Waals surface area contributed by atoms with Gasteiger partial charge in [0.25, 0.3) is 5.91 Å². The van der Waals surface area contributed by atoms with Crippen molar-refractivity contribution in [3.05, 3.63) is 65.4 Å². The van der Waals surface area contributed by atoms with Gasteiger partial charge in [0, 0.05) is 25.0 Å². The van der Waals surface area contributed by atoms with Crippen LogP contribution in [0.4, 0.5) is 0 Å². The van der Waals surface area contributed by atoms with Crippen molar-refractivity contribution >= 4 is 16.8 Å². The molecule has 6 nitrogen and oxygen atoms in total. The quantitative estimate of drug-likeness (QED) is 0.730. The first-order valence-corrected chi connectivity index (χ1v) is 9.32. The Morgan fingerprint density at radius 2 is 2.00 bits per heavy atom. The molecular weight excluding hydrogens is 340 g/mol. The third kappa shape index (κ3) is 3.86. The number of morpholine rings is 1. The Hall–Kier alpha value is -2.70. The number of fused-ring (bicyclic) bond motifs is 1. The number of rotatable bonds is 5. The maximum atomic E-state index is 12.8. The fourth-order valence-corrected chi connectivity index (χ4v) is 3.60. The summed E-state index contributed by atoms with van der Waals surface area (Å²) in [5.74, 6) is -0.152. The summed E-state index contributed by atoms with van der Waals surface area (Å²) < 4.78 is 5.49. The van der Waals surface area contributed by atoms with E-state index >= 15 is 0 Å². The average Bonchev–Trinajstić information content (AvgIpc) is 3.13. The second-order valence-electron chi connectivity index (χ2n) is 6.91. The van der Waals surface area contributed by atoms with Crippen molar-refractivity contribution in [3.8, 4) is 0 Å². The van der Waals surface area contributed by atoms with Crippen molar-refractivity contribution in [1.82, 2.24) is 20.4 Å². The minimum absolute atomic E-state index is 0.117. The number of nitrogens with one attached hydrogen (secondary N) is 2. The van der Waals surface area contributed by atoms with Gasteiger partial charge in [-0.3, -0.25) is 14.8 Å². The predicted molar refractivity (Wildman–Crippen MR) is 105 cm³/mol. The van der Waals surface area contributed by atoms with Crippen LogP contribution in [-0.2, 0) is 4.74 Å². The molecule has 140 valence electrons. The van der Waals surface area contributed by atoms with Gasteiger partial charge in [0.1, 0.15) is 0 Å². The number of hydrogen-bond donors (Lipinski definition) is 2. The van der Waals surface area contributed by atoms with Crippen molar-refractivity contribution < 1.29 is 9.53 Å². The molecule has 1 aliphatic rings. The fourth-order valence-electron chi connectivity index (χ4n) is 3.60. The number of nitrogens with zero attached hydrogens (tertiary/aromatic N) is 2. The SMILES string of the molecule is Cc1ccc2[nH]nc(C(=O)NCC(c3ccccc3)N3CCOCC3)c2c1. The van der Waals surface area contributed by atoms with Gasteiger partial charge in [-0.2, -0.15) is 5.10 Å². The summed E-state index contributed by atoms with van der Waals surface area (Å²) in [6.07, 6.45) is 0. The first-order valence-electron chi connectivity index (χ1n) is 9.32. The summed E-state index contributed by atoms with van der Waals surface area (Å²) in [5.41, 5.74) is 3.62. The first-order chi connectivity index (χ1) is 13.2. The molecule has 6 heteroatoms. The molecule has 3 aromatic rings. The van der Waals surface area contributed by atoms with Crippen LogP contribution in [0.15, 0.2) is 48.5 Å². The van der Waals surface area contributed by atoms with Gasteiger partial charge < -0.3 is 10.1 Å². The van der Waals surface area contributed by atoms with Crippen molar-refractivity contribution in [1.29, 1.82) is 0 Å². The minimum Gasteiger partial charge on any atom is -0.379 e. The van der Waals surface area contributed by atoms with Crippen LogP contribution in [0.1, 0.15) is 27.7 Å². The molecule has 4 rings (SSSR count). The van der Waals surface area contributed by atoms with Crippen molar-refractivity contribution in [2.45, 2.75) is 13.0 Å². The Morgan fingerprint density at radius 1 is 1.22 bits per heavy atom. The van der Waals surface area contributed by atoms with Gasteiger partial charge in [0.05, 0.1) is 24.8 Å². The number of carbonyl (C=O) groups is 1. The fraction of sp³-hybridized carbons (Fsp3) is 0.333. The molecule has 27 heavy (non-hydrogen) atoms. The summed E-state index contributed by atoms with van der Waals surface area (Å²) in [6.45, 7) is 5.71. The molecule has 1 unspecified atom stereocenters. The van der Waals surface area contributed by atoms with E-state index in [0.29, 0.717) is 12.2 Å². The smallest absolute Gasteiger partial charge is 0.272 e. The molecule has 1 aromatic heterocycles. The Bertz CT molecular complexity index is 916. The summed E-state index contributed by atoms with van der Waals surface area (Å²) in [6, 6.07) is 16.4. The van der Waals surface area contributed by atoms with Crippen LogP contribution in [0.25, 0.3) is 10.9 Å². The zero-order valence-electron chi connectivity index (χ0n) is 15.4. The van der Waals surface area contributed by atoms with Crippen LogP contribution in [0.2, 0.25) is 0 Å². The van der Waals surface area contributed by atoms with E-state index in [4.69, 9.17) is 4.74 Å². The van der Waals surface area contributed by atoms with Crippen molar-refractivity contribution in [2.75, 3.05) is 32.8 Å². The van der Waals surface area contributed by atoms with Gasteiger partial charge in [0.15, 0.2) is 5.69 Å². The van der Waals surface area contributed by atoms with Gasteiger partial charge in [-0.05, 0) is 24.6 Å². The maximum absolute atomic E-state index is 12.8. The zero-order chi connectivity index (χ0) is 18.6. The van der Waals surface area contributed by atoms with Gasteiger partial charge in [-0.25, -0.2) is 0 Å². The second-order valence-corrected chi connectivity index (χ2v) is 6.91. The number of H-pyrrole nitrogens is 1. The lowest BCUT2D eigenvalue weighted by atomic mass is 10.0. The molecule has 0 radical (unpaired) electrons. The molecular formula is C21H24N4O2. The highest BCUT2D eigenvalue weighted by Gasteiger charge is 2.24. The lowest BCUT2D eigenvalue weighted by Crippen LogP contribution is -2.43. The van der Waals surface area contributed by atoms with E-state index in [1.54, 1.807) is 0 Å². The van der Waals surface area contributed by atoms with E-state index in [1.807, 2.05) is 43.3 Å². The van der Waals surface area contributed by atoms with E-state index in [0.717, 1.165) is 42.8 Å². The molecule has 1 atom stereocenters. The van der Waals surface area contributed by atoms with Crippen LogP contribution in [0, 0.1) is 6.92 Å². The monoisotopic (exact) mass is 364 g/mol. The van der Waals surface area contributed by atoms with E-state index in [2.05, 4.69) is 32.5 Å². The summed E-state index contributed by atoms with van der Waals surface area (Å²) in [7, 11) is 0. The van der Waals surface area contributed by atoms with Gasteiger partial charge in [0.2, 0.25) is 0 Å². The van der Waals surface area contributed by atoms with Crippen LogP contribution in [-0.4, -0.2) is 53.9 Å². The Morgan fingerprint density at radius 3 is 2.78 bits per heavy atom. The number of aromatic amines is 1. The third-order valence-corrected chi connectivity index (χ3v) is 5.06. The standard InChI is InChI=1S/C21H24N4O2/c1-15-7-8-18-17(13-15)20(24-23-18)21(26)22-14-19(16-5-3-2-4-6-16)25-9-11-27-12-10-25/h2-8,13,19H,9-12,14H2,1H3,(H,22,26)(H,23,24). The van der Waals surface area contributed by atoms with Gasteiger partial charge in [-0.1, -0.05) is 42.0 Å². The van der Waals surface area contributed by atoms with E-state index in [-0.39, 0.29) is 11.9 Å². The molecule has 1 saturated heterocycles. The van der Waals surface area contributed by atoms with Gasteiger partial charge in [-0.15, -0.1) is 0 Å². The minimum atomic E-state index is -0.152. The molecule has 2 N–H and O–H groups in total. The molecule has 0 saturated carbocycles. The van der Waals surface area contributed by atoms with Crippen LogP contribution in [0.5, 0.6) is 0 Å². The Labute approximate surface area is 158 Å². The number of carbonyl (C=O) groups excluding carboxylic acids is 1. The maximum Gasteiger partial charge on any atom is 0.272 e. The number of amides is 1. The topological polar surface area (TPSA) is 70.2 Å². The molecule has 2 aromatic carbocycles. The van der Waals surface area contributed by atoms with Crippen molar-refractivity contribution in [3.63, 3.8) is 0 Å². The molecule has 0 aliphatic carbocycles. The highest BCUT2D eigenvalue weighted by atomic mass is 16.5. The number of aromatic nitrogens is 2. The number of ether oxygens (including phenoxy) is 1. The van der Waals surface area contributed by atoms with E-state index in [1.165, 1.54) is 5.56 Å². The number of aryl methyl sites for hydroxylation is 1. The second kappa shape index (κ2) is 7.90. The van der Waals surface area contributed by atoms with Gasteiger partial charge >= 0.3 is 0 Å². The molecule has 0 bridgehead atoms. The highest BCUT2D eigenvalue weighted by molar-refractivity contribution is 6.04. The Kier molecular flexibility index (Phi) is 5.18. The lowest BCUT2D eigenvalue weighted by Gasteiger charge is -2.34. The van der Waals surface area contributed by atoms with E-state index in [9.17, 15) is 4.79 Å².